The summed E-state index contributed by atoms with van der Waals surface area (Å²) in [6.07, 6.45) is -4.34. The number of carbonyl (C=O) groups is 1. The average molecular weight is 240 g/mol. The quantitative estimate of drug-likeness (QED) is 0.849. The predicted octanol–water partition coefficient (Wildman–Crippen LogP) is 2.12. The van der Waals surface area contributed by atoms with Crippen LogP contribution in [-0.4, -0.2) is 28.8 Å². The van der Waals surface area contributed by atoms with Crippen molar-refractivity contribution in [3.05, 3.63) is 10.6 Å². The number of nitrogens with zero attached hydrogens (tertiary/aromatic N) is 1. The lowest BCUT2D eigenvalue weighted by molar-refractivity contribution is -0.115. The fourth-order valence-corrected chi connectivity index (χ4v) is 1.65. The molecule has 0 saturated heterocycles. The number of anilines is 1. The van der Waals surface area contributed by atoms with Crippen LogP contribution in [0, 0.1) is 6.92 Å². The smallest absolute Gasteiger partial charge is 0.405 e. The number of aryl methyl sites for hydroxylation is 1. The minimum absolute atomic E-state index is 0.0396. The fraction of sp³-hybridized carbons (Fsp3) is 0.429. The second-order valence-corrected chi connectivity index (χ2v) is 3.90. The van der Waals surface area contributed by atoms with Gasteiger partial charge in [-0.2, -0.15) is 13.2 Å². The van der Waals surface area contributed by atoms with Crippen LogP contribution in [0.25, 0.3) is 0 Å². The van der Waals surface area contributed by atoms with Crippen LogP contribution in [0.15, 0.2) is 0 Å². The average Bonchev–Trinajstić information content (AvgIpc) is 2.42. The van der Waals surface area contributed by atoms with Crippen molar-refractivity contribution >= 4 is 22.4 Å². The summed E-state index contributed by atoms with van der Waals surface area (Å²) in [6, 6.07) is 0. The van der Waals surface area contributed by atoms with Crippen LogP contribution in [0.2, 0.25) is 0 Å². The summed E-state index contributed by atoms with van der Waals surface area (Å²) >= 11 is 0.880. The second kappa shape index (κ2) is 4.05. The highest BCUT2D eigenvalue weighted by Crippen LogP contribution is 2.23. The summed E-state index contributed by atoms with van der Waals surface area (Å²) in [4.78, 5) is 14.4. The number of halogens is 3. The van der Waals surface area contributed by atoms with E-state index < -0.39 is 18.7 Å². The van der Waals surface area contributed by atoms with E-state index in [2.05, 4.69) is 4.98 Å². The minimum atomic E-state index is -4.34. The number of aromatic nitrogens is 1. The molecule has 1 aromatic heterocycles. The highest BCUT2D eigenvalue weighted by Gasteiger charge is 2.27. The monoisotopic (exact) mass is 240 g/mol. The van der Waals surface area contributed by atoms with E-state index in [0.29, 0.717) is 4.88 Å². The van der Waals surface area contributed by atoms with Gasteiger partial charge in [0.15, 0.2) is 10.8 Å². The molecule has 15 heavy (non-hydrogen) atoms. The molecule has 8 heteroatoms. The third-order valence-corrected chi connectivity index (χ3v) is 2.37. The number of carboxylic acid groups (broad SMARTS) is 1. The molecule has 84 valence electrons. The normalized spacial score (nSPS) is 11.5. The first-order valence-corrected chi connectivity index (χ1v) is 4.62. The van der Waals surface area contributed by atoms with Gasteiger partial charge in [0.1, 0.15) is 6.54 Å². The highest BCUT2D eigenvalue weighted by molar-refractivity contribution is 7.15. The third-order valence-electron chi connectivity index (χ3n) is 1.44. The van der Waals surface area contributed by atoms with Gasteiger partial charge in [-0.05, 0) is 6.92 Å². The van der Waals surface area contributed by atoms with Gasteiger partial charge in [0.2, 0.25) is 0 Å². The molecule has 0 radical (unpaired) electrons. The first-order valence-electron chi connectivity index (χ1n) is 3.81. The van der Waals surface area contributed by atoms with Crippen molar-refractivity contribution < 1.29 is 23.1 Å². The molecule has 4 nitrogen and oxygen atoms in total. The lowest BCUT2D eigenvalue weighted by atomic mass is 10.4. The molecule has 0 amide bonds. The maximum Gasteiger partial charge on any atom is 0.405 e. The first kappa shape index (κ1) is 11.8. The molecule has 0 atom stereocenters. The van der Waals surface area contributed by atoms with E-state index in [1.54, 1.807) is 0 Å². The molecular weight excluding hydrogens is 233 g/mol. The predicted molar refractivity (Wildman–Crippen MR) is 48.4 cm³/mol. The molecule has 0 aliphatic rings. The maximum absolute atomic E-state index is 11.8. The van der Waals surface area contributed by atoms with Crippen LogP contribution in [0.1, 0.15) is 15.4 Å². The lowest BCUT2D eigenvalue weighted by Gasteiger charge is -2.05. The van der Waals surface area contributed by atoms with Crippen LogP contribution in [0.4, 0.5) is 18.3 Å². The van der Waals surface area contributed by atoms with Gasteiger partial charge in [0.25, 0.3) is 0 Å². The summed E-state index contributed by atoms with van der Waals surface area (Å²) < 4.78 is 35.4. The molecule has 1 rings (SSSR count). The van der Waals surface area contributed by atoms with E-state index in [1.807, 2.05) is 5.32 Å². The molecule has 0 aromatic carbocycles. The molecule has 0 bridgehead atoms. The van der Waals surface area contributed by atoms with Crippen LogP contribution in [-0.2, 0) is 0 Å². The van der Waals surface area contributed by atoms with Crippen molar-refractivity contribution in [2.45, 2.75) is 13.1 Å². The topological polar surface area (TPSA) is 62.2 Å². The Morgan fingerprint density at radius 3 is 2.60 bits per heavy atom. The molecule has 0 aliphatic heterocycles. The van der Waals surface area contributed by atoms with Gasteiger partial charge in [-0.3, -0.25) is 0 Å². The molecule has 1 aromatic rings. The number of rotatable bonds is 3. The lowest BCUT2D eigenvalue weighted by Crippen LogP contribution is -2.21. The van der Waals surface area contributed by atoms with Crippen molar-refractivity contribution in [1.82, 2.24) is 4.98 Å². The van der Waals surface area contributed by atoms with E-state index in [-0.39, 0.29) is 10.8 Å². The zero-order valence-corrected chi connectivity index (χ0v) is 8.37. The second-order valence-electron chi connectivity index (χ2n) is 2.70. The van der Waals surface area contributed by atoms with Gasteiger partial charge in [-0.15, -0.1) is 11.3 Å². The number of carboxylic acids is 1. The zero-order chi connectivity index (χ0) is 11.6. The van der Waals surface area contributed by atoms with Gasteiger partial charge >= 0.3 is 12.1 Å². The van der Waals surface area contributed by atoms with E-state index in [0.717, 1.165) is 11.3 Å². The van der Waals surface area contributed by atoms with Crippen molar-refractivity contribution in [1.29, 1.82) is 0 Å². The number of hydrogen-bond acceptors (Lipinski definition) is 4. The fourth-order valence-electron chi connectivity index (χ4n) is 0.846. The van der Waals surface area contributed by atoms with E-state index in [4.69, 9.17) is 5.11 Å². The molecule has 0 unspecified atom stereocenters. The Kier molecular flexibility index (Phi) is 3.18. The molecular formula is C7H7F3N2O2S. The summed E-state index contributed by atoms with van der Waals surface area (Å²) in [7, 11) is 0. The Bertz CT molecular complexity index is 375. The summed E-state index contributed by atoms with van der Waals surface area (Å²) in [5, 5.41) is 10.6. The van der Waals surface area contributed by atoms with Crippen LogP contribution in [0.5, 0.6) is 0 Å². The van der Waals surface area contributed by atoms with Gasteiger partial charge in [0, 0.05) is 4.88 Å². The number of nitrogens with one attached hydrogen (secondary N) is 1. The van der Waals surface area contributed by atoms with Crippen molar-refractivity contribution in [2.24, 2.45) is 0 Å². The Balaban J connectivity index is 2.72. The molecule has 0 aliphatic carbocycles. The summed E-state index contributed by atoms with van der Waals surface area (Å²) in [6.45, 7) is 0.263. The Morgan fingerprint density at radius 1 is 1.60 bits per heavy atom. The number of thiazole rings is 1. The zero-order valence-electron chi connectivity index (χ0n) is 7.55. The number of hydrogen-bond donors (Lipinski definition) is 2. The largest absolute Gasteiger partial charge is 0.476 e. The van der Waals surface area contributed by atoms with E-state index in [9.17, 15) is 18.0 Å². The summed E-state index contributed by atoms with van der Waals surface area (Å²) in [5.74, 6) is -1.25. The summed E-state index contributed by atoms with van der Waals surface area (Å²) in [5.41, 5.74) is -0.218. The van der Waals surface area contributed by atoms with Crippen molar-refractivity contribution in [3.8, 4) is 0 Å². The highest BCUT2D eigenvalue weighted by atomic mass is 32.1. The first-order chi connectivity index (χ1) is 6.79. The standard InChI is InChI=1S/C7H7F3N2O2S/c1-3-4(5(13)14)12-6(15-3)11-2-7(8,9)10/h2H2,1H3,(H,11,12)(H,13,14). The Labute approximate surface area is 86.8 Å². The van der Waals surface area contributed by atoms with Crippen LogP contribution < -0.4 is 5.32 Å². The van der Waals surface area contributed by atoms with Crippen LogP contribution in [0.3, 0.4) is 0 Å². The van der Waals surface area contributed by atoms with Crippen molar-refractivity contribution in [2.75, 3.05) is 11.9 Å². The van der Waals surface area contributed by atoms with Gasteiger partial charge < -0.3 is 10.4 Å². The molecule has 1 heterocycles. The maximum atomic E-state index is 11.8. The van der Waals surface area contributed by atoms with E-state index >= 15 is 0 Å². The van der Waals surface area contributed by atoms with Crippen molar-refractivity contribution in [3.63, 3.8) is 0 Å². The van der Waals surface area contributed by atoms with E-state index in [1.165, 1.54) is 6.92 Å². The molecule has 0 fully saturated rings. The number of aromatic carboxylic acids is 1. The third kappa shape index (κ3) is 3.39. The van der Waals surface area contributed by atoms with Gasteiger partial charge in [0.05, 0.1) is 0 Å². The van der Waals surface area contributed by atoms with Gasteiger partial charge in [-0.25, -0.2) is 9.78 Å². The van der Waals surface area contributed by atoms with Gasteiger partial charge in [-0.1, -0.05) is 0 Å². The SMILES string of the molecule is Cc1sc(NCC(F)(F)F)nc1C(=O)O. The Hall–Kier alpha value is -1.31. The molecule has 0 spiro atoms. The minimum Gasteiger partial charge on any atom is -0.476 e. The van der Waals surface area contributed by atoms with Crippen LogP contribution >= 0.6 is 11.3 Å². The molecule has 0 saturated carbocycles. The molecule has 2 N–H and O–H groups in total. The Morgan fingerprint density at radius 2 is 2.20 bits per heavy atom. The number of alkyl halides is 3.